The molecule has 2 heterocycles. The second-order valence-corrected chi connectivity index (χ2v) is 35.7. The van der Waals surface area contributed by atoms with E-state index in [0.717, 1.165) is 77.9 Å². The summed E-state index contributed by atoms with van der Waals surface area (Å²) in [6, 6.07) is 25.5. The maximum Gasteiger partial charge on any atom is 0.295 e. The molecular formula is C66H78N24O22S6. The molecule has 118 heavy (non-hydrogen) atoms. The molecule has 0 aliphatic heterocycles. The molecule has 0 radical (unpaired) electrons. The molecule has 6 aromatic carbocycles. The van der Waals surface area contributed by atoms with E-state index in [9.17, 15) is 98.0 Å². The summed E-state index contributed by atoms with van der Waals surface area (Å²) in [6.45, 7) is -3.66. The molecule has 46 nitrogen and oxygen atoms in total. The lowest BCUT2D eigenvalue weighted by atomic mass is 10.0. The third kappa shape index (κ3) is 25.7. The maximum absolute atomic E-state index is 14.1. The first-order valence-corrected chi connectivity index (χ1v) is 43.0. The van der Waals surface area contributed by atoms with Gasteiger partial charge in [0.1, 0.15) is 9.79 Å². The fourth-order valence-electron chi connectivity index (χ4n) is 10.8. The van der Waals surface area contributed by atoms with Crippen LogP contribution in [-0.2, 0) is 98.7 Å². The fraction of sp³-hybridized carbons (Fsp3) is 0.242. The minimum absolute atomic E-state index is 0.0564. The SMILES string of the molecule is NC(=O)CCN(CCC(N)=O)S(=O)(=O)c1cccc(Nc2nc(Nc3cccc(S(=O)(=O)N(CCC(N)=O)CCC(N)=O)c3)nc(Nc3ccc(-c4ccc(Nc5nc(Nc6cccc(S(=O)(=O)N(CCC(N)=O)CCC(N)=O)c6)nc(Nc6cccc(S(=O)(=O)N(CCC(N)=O)CCC(N)=O)c6)n5)cc4S(=O)(=O)O)c(S(=O)(=O)O)c3)n2)c1. The van der Waals surface area contributed by atoms with Crippen LogP contribution in [0, 0.1) is 0 Å². The average Bonchev–Trinajstić information content (AvgIpc) is 0.763. The normalized spacial score (nSPS) is 12.1. The van der Waals surface area contributed by atoms with Gasteiger partial charge in [-0.25, -0.2) is 33.7 Å². The zero-order valence-electron chi connectivity index (χ0n) is 61.6. The average molecular weight is 1750 g/mol. The zero-order chi connectivity index (χ0) is 86.8. The number of carbonyl (C=O) groups excluding carboxylic acids is 8. The summed E-state index contributed by atoms with van der Waals surface area (Å²) in [6.07, 6.45) is -3.61. The molecule has 630 valence electrons. The van der Waals surface area contributed by atoms with Crippen LogP contribution < -0.4 is 77.8 Å². The molecule has 0 aliphatic rings. The van der Waals surface area contributed by atoms with E-state index in [1.54, 1.807) is 0 Å². The Bertz CT molecular complexity index is 5240. The van der Waals surface area contributed by atoms with Gasteiger partial charge in [0.2, 0.25) is 123 Å². The van der Waals surface area contributed by atoms with Crippen molar-refractivity contribution in [2.24, 2.45) is 45.9 Å². The summed E-state index contributed by atoms with van der Waals surface area (Å²) in [5.41, 5.74) is 40.5. The highest BCUT2D eigenvalue weighted by atomic mass is 32.2. The number of benzene rings is 6. The van der Waals surface area contributed by atoms with Gasteiger partial charge >= 0.3 is 0 Å². The Balaban J connectivity index is 1.20. The molecule has 0 spiro atoms. The van der Waals surface area contributed by atoms with Crippen LogP contribution in [-0.4, -0.2) is 206 Å². The molecule has 0 saturated carbocycles. The van der Waals surface area contributed by atoms with Crippen LogP contribution >= 0.6 is 0 Å². The van der Waals surface area contributed by atoms with Gasteiger partial charge < -0.3 is 77.8 Å². The maximum atomic E-state index is 14.1. The van der Waals surface area contributed by atoms with Crippen LogP contribution in [0.3, 0.4) is 0 Å². The zero-order valence-corrected chi connectivity index (χ0v) is 66.5. The van der Waals surface area contributed by atoms with Gasteiger partial charge in [-0.3, -0.25) is 47.5 Å². The number of hydrogen-bond donors (Lipinski definition) is 16. The summed E-state index contributed by atoms with van der Waals surface area (Å²) >= 11 is 0. The molecule has 0 unspecified atom stereocenters. The highest BCUT2D eigenvalue weighted by molar-refractivity contribution is 7.90. The Kier molecular flexibility index (Phi) is 29.9. The first-order valence-electron chi connectivity index (χ1n) is 34.3. The largest absolute Gasteiger partial charge is 0.370 e. The van der Waals surface area contributed by atoms with Gasteiger partial charge in [0.25, 0.3) is 20.2 Å². The van der Waals surface area contributed by atoms with Gasteiger partial charge in [-0.15, -0.1) is 0 Å². The van der Waals surface area contributed by atoms with Gasteiger partial charge in [-0.1, -0.05) is 36.4 Å². The first-order chi connectivity index (χ1) is 55.3. The van der Waals surface area contributed by atoms with Crippen LogP contribution in [0.4, 0.5) is 69.8 Å². The van der Waals surface area contributed by atoms with Crippen molar-refractivity contribution < 1.29 is 98.0 Å². The van der Waals surface area contributed by atoms with Crippen molar-refractivity contribution in [2.75, 3.05) is 84.3 Å². The highest BCUT2D eigenvalue weighted by Gasteiger charge is 2.32. The molecule has 0 saturated heterocycles. The van der Waals surface area contributed by atoms with Crippen molar-refractivity contribution in [3.8, 4) is 11.1 Å². The number of nitrogens with two attached hydrogens (primary N) is 8. The molecule has 0 bridgehead atoms. The third-order valence-corrected chi connectivity index (χ3v) is 25.7. The molecule has 52 heteroatoms. The Morgan fingerprint density at radius 2 is 0.432 bits per heavy atom. The number of carbonyl (C=O) groups is 8. The monoisotopic (exact) mass is 1750 g/mol. The molecule has 0 fully saturated rings. The van der Waals surface area contributed by atoms with E-state index in [1.807, 2.05) is 0 Å². The number of rotatable bonds is 47. The smallest absolute Gasteiger partial charge is 0.295 e. The summed E-state index contributed by atoms with van der Waals surface area (Å²) < 4.78 is 192. The molecule has 8 amide bonds. The Labute approximate surface area is 674 Å². The molecular weight excluding hydrogens is 1670 g/mol. The van der Waals surface area contributed by atoms with E-state index >= 15 is 0 Å². The molecule has 0 aliphatic carbocycles. The minimum atomic E-state index is -5.49. The van der Waals surface area contributed by atoms with Crippen molar-refractivity contribution in [3.05, 3.63) is 133 Å². The summed E-state index contributed by atoms with van der Waals surface area (Å²) in [4.78, 5) is 117. The number of primary amides is 8. The van der Waals surface area contributed by atoms with E-state index in [4.69, 9.17) is 45.9 Å². The van der Waals surface area contributed by atoms with Gasteiger partial charge in [-0.2, -0.15) is 64.0 Å². The number of nitrogens with zero attached hydrogens (tertiary/aromatic N) is 10. The van der Waals surface area contributed by atoms with Crippen LogP contribution in [0.2, 0.25) is 0 Å². The minimum Gasteiger partial charge on any atom is -0.370 e. The van der Waals surface area contributed by atoms with E-state index in [1.165, 1.54) is 72.8 Å². The van der Waals surface area contributed by atoms with Crippen molar-refractivity contribution in [3.63, 3.8) is 0 Å². The van der Waals surface area contributed by atoms with Crippen LogP contribution in [0.1, 0.15) is 51.4 Å². The molecule has 0 atom stereocenters. The predicted octanol–water partition coefficient (Wildman–Crippen LogP) is -0.355. The molecule has 8 aromatic rings. The summed E-state index contributed by atoms with van der Waals surface area (Å²) in [7, 11) is -29.2. The van der Waals surface area contributed by atoms with Gasteiger partial charge in [-0.05, 0) is 97.1 Å². The second kappa shape index (κ2) is 38.9. The van der Waals surface area contributed by atoms with Gasteiger partial charge in [0.05, 0.1) is 19.6 Å². The van der Waals surface area contributed by atoms with Crippen molar-refractivity contribution in [2.45, 2.75) is 80.7 Å². The van der Waals surface area contributed by atoms with Crippen molar-refractivity contribution in [1.29, 1.82) is 0 Å². The number of sulfonamides is 4. The van der Waals surface area contributed by atoms with Crippen LogP contribution in [0.5, 0.6) is 0 Å². The quantitative estimate of drug-likeness (QED) is 0.0217. The molecule has 2 aromatic heterocycles. The molecule has 8 rings (SSSR count). The standard InChI is InChI=1S/C66H78N24O22S6/c67-53(91)17-25-87(26-18-54(68)92)113(99,100)45-9-1-5-39(33-45)75-61-81-62(76-40-6-2-10-46(34-40)114(101,102)88(27-19-55(69)93)28-20-56(70)94)84-65(83-61)79-43-13-15-49(51(37-43)117(107,108)109)50-16-14-44(38-52(50)118(110,111)112)80-66-85-63(77-41-7-3-11-47(35-41)115(103,104)89(29-21-57(71)95)30-22-58(72)96)82-64(86-66)78-42-8-4-12-48(36-42)116(105,106)90(31-23-59(73)97)32-24-60(74)98/h1-16,33-38H,17-32H2,(H2,67,91)(H2,68,92)(H2,69,93)(H2,70,94)(H2,71,95)(H2,72,96)(H2,73,97)(H2,74,98)(H,107,108,109)(H,110,111,112)(H3,75,76,79,81,83,84)(H3,77,78,80,82,85,86). The van der Waals surface area contributed by atoms with E-state index < -0.39 is 288 Å². The number of anilines is 12. The number of nitrogens with one attached hydrogen (secondary N) is 6. The number of hydrogen-bond acceptors (Lipinski definition) is 32. The number of amides is 8. The predicted molar refractivity (Wildman–Crippen MR) is 422 cm³/mol. The Morgan fingerprint density at radius 3 is 0.593 bits per heavy atom. The van der Waals surface area contributed by atoms with E-state index in [2.05, 4.69) is 61.8 Å². The Hall–Kier alpha value is -12.6. The van der Waals surface area contributed by atoms with E-state index in [-0.39, 0.29) is 34.1 Å². The van der Waals surface area contributed by atoms with Crippen molar-refractivity contribution in [1.82, 2.24) is 47.1 Å². The lowest BCUT2D eigenvalue weighted by Crippen LogP contribution is -2.36. The lowest BCUT2D eigenvalue weighted by Gasteiger charge is -2.21. The second-order valence-electron chi connectivity index (χ2n) is 25.2. The molecule has 24 N–H and O–H groups in total. The Morgan fingerprint density at radius 1 is 0.263 bits per heavy atom. The van der Waals surface area contributed by atoms with Crippen LogP contribution in [0.25, 0.3) is 11.1 Å². The lowest BCUT2D eigenvalue weighted by molar-refractivity contribution is -0.119. The summed E-state index contributed by atoms with van der Waals surface area (Å²) in [5.74, 6) is -9.74. The first kappa shape index (κ1) is 90.9. The van der Waals surface area contributed by atoms with Crippen molar-refractivity contribution >= 4 is 177 Å². The third-order valence-electron chi connectivity index (χ3n) is 16.4. The highest BCUT2D eigenvalue weighted by Crippen LogP contribution is 2.38. The summed E-state index contributed by atoms with van der Waals surface area (Å²) in [5, 5.41) is 16.7. The van der Waals surface area contributed by atoms with E-state index in [0.29, 0.717) is 0 Å². The van der Waals surface area contributed by atoms with Gasteiger partial charge in [0.15, 0.2) is 0 Å². The topological polar surface area (TPSA) is 753 Å². The van der Waals surface area contributed by atoms with Gasteiger partial charge in [0, 0.05) is 149 Å². The van der Waals surface area contributed by atoms with Crippen LogP contribution in [0.15, 0.2) is 163 Å². The fourth-order valence-corrected chi connectivity index (χ4v) is 18.2. The number of aromatic nitrogens is 6.